The zero-order chi connectivity index (χ0) is 18.4. The number of hydrogen-bond acceptors (Lipinski definition) is 6. The molecule has 0 bridgehead atoms. The Morgan fingerprint density at radius 3 is 2.81 bits per heavy atom. The first kappa shape index (κ1) is 17.3. The van der Waals surface area contributed by atoms with Gasteiger partial charge in [-0.3, -0.25) is 0 Å². The summed E-state index contributed by atoms with van der Waals surface area (Å²) < 4.78 is 0. The van der Waals surface area contributed by atoms with Crippen LogP contribution >= 0.6 is 0 Å². The molecule has 1 atom stereocenters. The summed E-state index contributed by atoms with van der Waals surface area (Å²) in [6, 6.07) is 2.87. The Hall–Kier alpha value is -1.83. The Morgan fingerprint density at radius 1 is 1.19 bits per heavy atom. The average Bonchev–Trinajstić information content (AvgIpc) is 3.40. The Morgan fingerprint density at radius 2 is 2.04 bits per heavy atom. The zero-order valence-corrected chi connectivity index (χ0v) is 16.4. The number of nitrogens with zero attached hydrogens (tertiary/aromatic N) is 4. The van der Waals surface area contributed by atoms with E-state index in [0.717, 1.165) is 17.8 Å². The van der Waals surface area contributed by atoms with Crippen LogP contribution in [0.1, 0.15) is 37.7 Å². The van der Waals surface area contributed by atoms with Crippen LogP contribution in [-0.2, 0) is 0 Å². The van der Waals surface area contributed by atoms with E-state index in [9.17, 15) is 0 Å². The predicted molar refractivity (Wildman–Crippen MR) is 108 cm³/mol. The van der Waals surface area contributed by atoms with Gasteiger partial charge < -0.3 is 20.2 Å². The summed E-state index contributed by atoms with van der Waals surface area (Å²) in [7, 11) is 4.43. The maximum absolute atomic E-state index is 4.46. The number of aromatic nitrogens is 1. The molecule has 0 amide bonds. The number of H-pyrrole nitrogens is 1. The molecule has 1 saturated carbocycles. The van der Waals surface area contributed by atoms with Crippen molar-refractivity contribution in [2.45, 2.75) is 38.1 Å². The van der Waals surface area contributed by atoms with E-state index in [0.29, 0.717) is 5.92 Å². The van der Waals surface area contributed by atoms with E-state index in [1.165, 1.54) is 68.7 Å². The maximum Gasteiger partial charge on any atom is 0.141 e. The number of aliphatic imine (C=N–C) groups is 1. The van der Waals surface area contributed by atoms with Crippen LogP contribution in [0.15, 0.2) is 23.0 Å². The minimum atomic E-state index is 0.608. The van der Waals surface area contributed by atoms with E-state index in [-0.39, 0.29) is 0 Å². The minimum absolute atomic E-state index is 0.608. The van der Waals surface area contributed by atoms with Gasteiger partial charge in [0.25, 0.3) is 0 Å². The molecule has 0 aromatic carbocycles. The molecule has 7 heteroatoms. The lowest BCUT2D eigenvalue weighted by molar-refractivity contribution is 0.199. The molecule has 7 nitrogen and oxygen atoms in total. The molecule has 2 fully saturated rings. The third-order valence-electron chi connectivity index (χ3n) is 6.84. The lowest BCUT2D eigenvalue weighted by Crippen LogP contribution is -2.38. The second-order valence-corrected chi connectivity index (χ2v) is 8.74. The molecular formula is C20H31N7. The van der Waals surface area contributed by atoms with Crippen molar-refractivity contribution in [1.29, 1.82) is 0 Å². The third-order valence-corrected chi connectivity index (χ3v) is 6.84. The van der Waals surface area contributed by atoms with E-state index >= 15 is 0 Å². The molecule has 4 aliphatic rings. The highest BCUT2D eigenvalue weighted by molar-refractivity contribution is 5.87. The van der Waals surface area contributed by atoms with Crippen molar-refractivity contribution >= 4 is 17.9 Å². The largest absolute Gasteiger partial charge is 0.346 e. The van der Waals surface area contributed by atoms with E-state index in [1.807, 2.05) is 17.5 Å². The number of allylic oxidation sites excluding steroid dienone is 1. The number of hydrogen-bond donors (Lipinski definition) is 3. The van der Waals surface area contributed by atoms with Gasteiger partial charge in [-0.25, -0.2) is 10.0 Å². The van der Waals surface area contributed by atoms with Crippen molar-refractivity contribution in [3.05, 3.63) is 23.5 Å². The van der Waals surface area contributed by atoms with Crippen LogP contribution < -0.4 is 11.0 Å². The number of hydrazine groups is 2. The summed E-state index contributed by atoms with van der Waals surface area (Å²) in [5, 5.41) is 2.02. The first-order valence-electron chi connectivity index (χ1n) is 10.3. The van der Waals surface area contributed by atoms with Gasteiger partial charge in [0, 0.05) is 36.8 Å². The molecule has 1 aliphatic carbocycles. The van der Waals surface area contributed by atoms with Gasteiger partial charge in [0.1, 0.15) is 12.2 Å². The smallest absolute Gasteiger partial charge is 0.141 e. The molecule has 3 N–H and O–H groups in total. The second kappa shape index (κ2) is 6.96. The summed E-state index contributed by atoms with van der Waals surface area (Å²) in [6.07, 6.45) is 10.4. The highest BCUT2D eigenvalue weighted by atomic mass is 15.7. The molecule has 5 rings (SSSR count). The van der Waals surface area contributed by atoms with E-state index in [2.05, 4.69) is 50.9 Å². The van der Waals surface area contributed by atoms with Crippen molar-refractivity contribution in [2.75, 3.05) is 33.7 Å². The Balaban J connectivity index is 1.22. The second-order valence-electron chi connectivity index (χ2n) is 8.74. The van der Waals surface area contributed by atoms with E-state index < -0.39 is 0 Å². The van der Waals surface area contributed by atoms with Crippen LogP contribution in [0.3, 0.4) is 0 Å². The quantitative estimate of drug-likeness (QED) is 0.759. The highest BCUT2D eigenvalue weighted by Crippen LogP contribution is 2.40. The van der Waals surface area contributed by atoms with Crippen LogP contribution in [0.2, 0.25) is 0 Å². The number of likely N-dealkylation sites (N-methyl/N-ethyl adjacent to an activating group) is 1. The van der Waals surface area contributed by atoms with Crippen molar-refractivity contribution < 1.29 is 0 Å². The van der Waals surface area contributed by atoms with Crippen molar-refractivity contribution in [2.24, 2.45) is 16.8 Å². The summed E-state index contributed by atoms with van der Waals surface area (Å²) in [6.45, 7) is 3.81. The van der Waals surface area contributed by atoms with Crippen LogP contribution in [-0.4, -0.2) is 65.9 Å². The molecule has 146 valence electrons. The van der Waals surface area contributed by atoms with Crippen molar-refractivity contribution in [3.8, 4) is 0 Å². The van der Waals surface area contributed by atoms with Gasteiger partial charge in [0.05, 0.1) is 11.4 Å². The lowest BCUT2D eigenvalue weighted by Gasteiger charge is -2.32. The standard InChI is InChI=1S/C20H31N7/c1-25(2)16-8-10-26(12-16)11-14-3-5-15(6-4-14)18-19-17-7-9-21-20(17)22-13-27(19)24-23-18/h7,9,13-16,21,23-24H,3-6,8,10-12H2,1-2H3/t14?,15?,16-/m1/s1. The van der Waals surface area contributed by atoms with E-state index in [4.69, 9.17) is 0 Å². The minimum Gasteiger partial charge on any atom is -0.346 e. The first-order valence-corrected chi connectivity index (χ1v) is 10.3. The van der Waals surface area contributed by atoms with Gasteiger partial charge in [-0.05, 0) is 64.7 Å². The fourth-order valence-corrected chi connectivity index (χ4v) is 5.19. The fourth-order valence-electron chi connectivity index (χ4n) is 5.19. The van der Waals surface area contributed by atoms with Crippen LogP contribution in [0, 0.1) is 11.8 Å². The number of likely N-dealkylation sites (tertiary alicyclic amines) is 1. The molecule has 0 spiro atoms. The monoisotopic (exact) mass is 369 g/mol. The molecule has 1 saturated heterocycles. The summed E-state index contributed by atoms with van der Waals surface area (Å²) in [5.74, 6) is 2.42. The van der Waals surface area contributed by atoms with E-state index in [1.54, 1.807) is 0 Å². The maximum atomic E-state index is 4.46. The summed E-state index contributed by atoms with van der Waals surface area (Å²) >= 11 is 0. The molecule has 0 radical (unpaired) electrons. The summed E-state index contributed by atoms with van der Waals surface area (Å²) in [4.78, 5) is 12.8. The highest BCUT2D eigenvalue weighted by Gasteiger charge is 2.35. The number of fused-ring (bicyclic) bond motifs is 3. The Bertz CT molecular complexity index is 741. The number of nitrogens with one attached hydrogen (secondary N) is 3. The van der Waals surface area contributed by atoms with Gasteiger partial charge in [0.15, 0.2) is 0 Å². The molecule has 4 heterocycles. The zero-order valence-electron chi connectivity index (χ0n) is 16.4. The molecule has 1 aromatic heterocycles. The lowest BCUT2D eigenvalue weighted by atomic mass is 9.79. The Kier molecular flexibility index (Phi) is 4.46. The van der Waals surface area contributed by atoms with Crippen LogP contribution in [0.5, 0.6) is 0 Å². The molecule has 3 aliphatic heterocycles. The van der Waals surface area contributed by atoms with Gasteiger partial charge in [0.2, 0.25) is 0 Å². The average molecular weight is 370 g/mol. The SMILES string of the molecule is CN(C)[C@@H]1CCN(CC2CCC(C3=C4c5cc[nH]c5N=CN4NN3)CC2)C1. The fraction of sp³-hybridized carbons (Fsp3) is 0.650. The Labute approximate surface area is 161 Å². The van der Waals surface area contributed by atoms with Gasteiger partial charge in [-0.2, -0.15) is 0 Å². The van der Waals surface area contributed by atoms with Crippen LogP contribution in [0.4, 0.5) is 5.82 Å². The van der Waals surface area contributed by atoms with Crippen LogP contribution in [0.25, 0.3) is 5.70 Å². The first-order chi connectivity index (χ1) is 13.2. The van der Waals surface area contributed by atoms with Gasteiger partial charge in [-0.1, -0.05) is 0 Å². The molecule has 27 heavy (non-hydrogen) atoms. The van der Waals surface area contributed by atoms with Gasteiger partial charge >= 0.3 is 0 Å². The normalized spacial score (nSPS) is 30.8. The third kappa shape index (κ3) is 3.17. The molecule has 0 unspecified atom stereocenters. The van der Waals surface area contributed by atoms with Crippen molar-refractivity contribution in [1.82, 2.24) is 30.8 Å². The predicted octanol–water partition coefficient (Wildman–Crippen LogP) is 2.12. The van der Waals surface area contributed by atoms with Gasteiger partial charge in [-0.15, -0.1) is 5.53 Å². The van der Waals surface area contributed by atoms with Crippen molar-refractivity contribution in [3.63, 3.8) is 0 Å². The summed E-state index contributed by atoms with van der Waals surface area (Å²) in [5.41, 5.74) is 10.5. The number of rotatable bonds is 4. The topological polar surface area (TPSA) is 61.9 Å². The number of aromatic amines is 1. The molecular weight excluding hydrogens is 338 g/mol. The molecule has 1 aromatic rings.